The van der Waals surface area contributed by atoms with Crippen molar-refractivity contribution in [3.63, 3.8) is 0 Å². The van der Waals surface area contributed by atoms with E-state index in [0.717, 1.165) is 12.1 Å². The molecule has 0 aliphatic rings. The van der Waals surface area contributed by atoms with Crippen molar-refractivity contribution in [1.29, 1.82) is 0 Å². The average molecular weight is 290 g/mol. The zero-order valence-electron chi connectivity index (χ0n) is 10.7. The molecule has 2 rings (SSSR count). The Labute approximate surface area is 118 Å². The van der Waals surface area contributed by atoms with Crippen LogP contribution in [0, 0.1) is 5.82 Å². The second kappa shape index (κ2) is 6.00. The van der Waals surface area contributed by atoms with Crippen LogP contribution in [0.15, 0.2) is 36.5 Å². The van der Waals surface area contributed by atoms with E-state index < -0.39 is 17.7 Å². The van der Waals surface area contributed by atoms with Crippen LogP contribution in [-0.2, 0) is 6.54 Å². The van der Waals surface area contributed by atoms with Gasteiger partial charge in [0, 0.05) is 12.3 Å². The number of nitrogens with zero attached hydrogens (tertiary/aromatic N) is 1. The molecule has 0 unspecified atom stereocenters. The lowest BCUT2D eigenvalue weighted by atomic mass is 10.2. The Kier molecular flexibility index (Phi) is 4.13. The van der Waals surface area contributed by atoms with E-state index in [1.54, 1.807) is 0 Å². The molecule has 0 bridgehead atoms. The monoisotopic (exact) mass is 290 g/mol. The minimum atomic E-state index is -1.10. The highest BCUT2D eigenvalue weighted by molar-refractivity contribution is 5.94. The number of rotatable bonds is 4. The minimum absolute atomic E-state index is 0.0414. The number of phenolic OH excluding ortho intramolecular Hbond substituents is 1. The maximum Gasteiger partial charge on any atom is 0.335 e. The molecule has 0 fully saturated rings. The molecule has 1 heterocycles. The lowest BCUT2D eigenvalue weighted by Gasteiger charge is -2.06. The number of carboxylic acid groups (broad SMARTS) is 1. The maximum atomic E-state index is 13.5. The summed E-state index contributed by atoms with van der Waals surface area (Å²) in [4.78, 5) is 26.5. The highest BCUT2D eigenvalue weighted by Crippen LogP contribution is 2.15. The number of hydrogen-bond acceptors (Lipinski definition) is 4. The standard InChI is InChI=1S/C14H11FN2O4/c15-12-6-10(18)1-2-11(12)13(19)17-7-9-5-8(14(20)21)3-4-16-9/h1-6,18H,7H2,(H,17,19)(H,20,21). The number of carboxylic acids is 1. The first kappa shape index (κ1) is 14.4. The summed E-state index contributed by atoms with van der Waals surface area (Å²) < 4.78 is 13.5. The van der Waals surface area contributed by atoms with Gasteiger partial charge in [0.1, 0.15) is 11.6 Å². The van der Waals surface area contributed by atoms with Crippen molar-refractivity contribution in [3.05, 3.63) is 59.2 Å². The Morgan fingerprint density at radius 2 is 2.00 bits per heavy atom. The van der Waals surface area contributed by atoms with Crippen LogP contribution in [0.4, 0.5) is 4.39 Å². The number of phenols is 1. The van der Waals surface area contributed by atoms with Crippen LogP contribution in [0.1, 0.15) is 26.4 Å². The summed E-state index contributed by atoms with van der Waals surface area (Å²) >= 11 is 0. The quantitative estimate of drug-likeness (QED) is 0.793. The average Bonchev–Trinajstić information content (AvgIpc) is 2.45. The summed E-state index contributed by atoms with van der Waals surface area (Å²) in [5.41, 5.74) is 0.162. The third-order valence-electron chi connectivity index (χ3n) is 2.69. The summed E-state index contributed by atoms with van der Waals surface area (Å²) in [7, 11) is 0. The van der Waals surface area contributed by atoms with Gasteiger partial charge in [0.25, 0.3) is 5.91 Å². The molecule has 108 valence electrons. The Bertz CT molecular complexity index is 703. The molecule has 7 heteroatoms. The second-order valence-electron chi connectivity index (χ2n) is 4.19. The van der Waals surface area contributed by atoms with Crippen LogP contribution in [0.5, 0.6) is 5.75 Å². The van der Waals surface area contributed by atoms with E-state index in [9.17, 15) is 14.0 Å². The first-order valence-electron chi connectivity index (χ1n) is 5.92. The van der Waals surface area contributed by atoms with E-state index in [2.05, 4.69) is 10.3 Å². The number of halogens is 1. The molecule has 6 nitrogen and oxygen atoms in total. The predicted octanol–water partition coefficient (Wildman–Crippen LogP) is 1.55. The zero-order chi connectivity index (χ0) is 15.4. The van der Waals surface area contributed by atoms with Crippen molar-refractivity contribution in [1.82, 2.24) is 10.3 Å². The number of nitrogens with one attached hydrogen (secondary N) is 1. The second-order valence-corrected chi connectivity index (χ2v) is 4.19. The zero-order valence-corrected chi connectivity index (χ0v) is 10.7. The number of aromatic hydroxyl groups is 1. The number of hydrogen-bond donors (Lipinski definition) is 3. The van der Waals surface area contributed by atoms with Gasteiger partial charge in [-0.15, -0.1) is 0 Å². The number of benzene rings is 1. The smallest absolute Gasteiger partial charge is 0.335 e. The third-order valence-corrected chi connectivity index (χ3v) is 2.69. The van der Waals surface area contributed by atoms with E-state index in [-0.39, 0.29) is 23.4 Å². The molecular weight excluding hydrogens is 279 g/mol. The summed E-state index contributed by atoms with van der Waals surface area (Å²) in [6.07, 6.45) is 1.31. The van der Waals surface area contributed by atoms with Gasteiger partial charge in [0.15, 0.2) is 0 Å². The molecule has 0 spiro atoms. The molecule has 1 aromatic carbocycles. The first-order chi connectivity index (χ1) is 9.97. The molecule has 1 aromatic heterocycles. The molecule has 1 amide bonds. The molecule has 0 aliphatic carbocycles. The molecule has 3 N–H and O–H groups in total. The molecule has 0 saturated carbocycles. The lowest BCUT2D eigenvalue weighted by molar-refractivity contribution is 0.0696. The van der Waals surface area contributed by atoms with Gasteiger partial charge >= 0.3 is 5.97 Å². The molecule has 2 aromatic rings. The largest absolute Gasteiger partial charge is 0.508 e. The van der Waals surface area contributed by atoms with Gasteiger partial charge in [-0.2, -0.15) is 0 Å². The van der Waals surface area contributed by atoms with Crippen molar-refractivity contribution in [2.45, 2.75) is 6.54 Å². The van der Waals surface area contributed by atoms with Crippen LogP contribution in [0.3, 0.4) is 0 Å². The summed E-state index contributed by atoms with van der Waals surface area (Å²) in [6.45, 7) is -0.0414. The van der Waals surface area contributed by atoms with Crippen molar-refractivity contribution in [3.8, 4) is 5.75 Å². The van der Waals surface area contributed by atoms with Gasteiger partial charge in [-0.25, -0.2) is 9.18 Å². The predicted molar refractivity (Wildman–Crippen MR) is 70.4 cm³/mol. The minimum Gasteiger partial charge on any atom is -0.508 e. The number of aromatic nitrogens is 1. The van der Waals surface area contributed by atoms with Gasteiger partial charge in [0.2, 0.25) is 0 Å². The van der Waals surface area contributed by atoms with Crippen LogP contribution in [-0.4, -0.2) is 27.1 Å². The van der Waals surface area contributed by atoms with Crippen LogP contribution in [0.2, 0.25) is 0 Å². The fourth-order valence-electron chi connectivity index (χ4n) is 1.66. The van der Waals surface area contributed by atoms with Crippen LogP contribution < -0.4 is 5.32 Å². The number of carbonyl (C=O) groups excluding carboxylic acids is 1. The molecule has 21 heavy (non-hydrogen) atoms. The number of carbonyl (C=O) groups is 2. The van der Waals surface area contributed by atoms with Crippen LogP contribution in [0.25, 0.3) is 0 Å². The van der Waals surface area contributed by atoms with Gasteiger partial charge in [-0.05, 0) is 24.3 Å². The molecule has 0 saturated heterocycles. The molecule has 0 radical (unpaired) electrons. The Morgan fingerprint density at radius 3 is 2.67 bits per heavy atom. The molecule has 0 atom stereocenters. The third kappa shape index (κ3) is 3.53. The summed E-state index contributed by atoms with van der Waals surface area (Å²) in [5, 5.41) is 20.3. The summed E-state index contributed by atoms with van der Waals surface area (Å²) in [5.74, 6) is -2.91. The maximum absolute atomic E-state index is 13.5. The molecular formula is C14H11FN2O4. The van der Waals surface area contributed by atoms with E-state index in [4.69, 9.17) is 10.2 Å². The number of pyridine rings is 1. The van der Waals surface area contributed by atoms with Gasteiger partial charge < -0.3 is 15.5 Å². The highest BCUT2D eigenvalue weighted by Gasteiger charge is 2.12. The fraction of sp³-hybridized carbons (Fsp3) is 0.0714. The SMILES string of the molecule is O=C(O)c1ccnc(CNC(=O)c2ccc(O)cc2F)c1. The normalized spacial score (nSPS) is 10.1. The number of aromatic carboxylic acids is 1. The van der Waals surface area contributed by atoms with Crippen molar-refractivity contribution >= 4 is 11.9 Å². The van der Waals surface area contributed by atoms with Crippen molar-refractivity contribution < 1.29 is 24.2 Å². The van der Waals surface area contributed by atoms with E-state index >= 15 is 0 Å². The van der Waals surface area contributed by atoms with Gasteiger partial charge in [-0.3, -0.25) is 9.78 Å². The first-order valence-corrected chi connectivity index (χ1v) is 5.92. The highest BCUT2D eigenvalue weighted by atomic mass is 19.1. The van der Waals surface area contributed by atoms with Crippen molar-refractivity contribution in [2.24, 2.45) is 0 Å². The fourth-order valence-corrected chi connectivity index (χ4v) is 1.66. The van der Waals surface area contributed by atoms with Gasteiger partial charge in [-0.1, -0.05) is 0 Å². The van der Waals surface area contributed by atoms with E-state index in [1.807, 2.05) is 0 Å². The Morgan fingerprint density at radius 1 is 1.24 bits per heavy atom. The molecule has 0 aliphatic heterocycles. The Hall–Kier alpha value is -2.96. The summed E-state index contributed by atoms with van der Waals surface area (Å²) in [6, 6.07) is 5.82. The number of amides is 1. The van der Waals surface area contributed by atoms with E-state index in [1.165, 1.54) is 24.4 Å². The van der Waals surface area contributed by atoms with E-state index in [0.29, 0.717) is 5.69 Å². The van der Waals surface area contributed by atoms with Crippen molar-refractivity contribution in [2.75, 3.05) is 0 Å². The topological polar surface area (TPSA) is 99.5 Å². The van der Waals surface area contributed by atoms with Crippen LogP contribution >= 0.6 is 0 Å². The lowest BCUT2D eigenvalue weighted by Crippen LogP contribution is -2.24. The Balaban J connectivity index is 2.07. The van der Waals surface area contributed by atoms with Gasteiger partial charge in [0.05, 0.1) is 23.4 Å².